The molecule has 0 radical (unpaired) electrons. The van der Waals surface area contributed by atoms with E-state index >= 15 is 0 Å². The Balaban J connectivity index is 1.92. The predicted molar refractivity (Wildman–Crippen MR) is 125 cm³/mol. The molecule has 0 aliphatic carbocycles. The second-order valence-corrected chi connectivity index (χ2v) is 8.01. The highest BCUT2D eigenvalue weighted by Crippen LogP contribution is 2.33. The van der Waals surface area contributed by atoms with Crippen molar-refractivity contribution in [2.75, 3.05) is 7.11 Å². The summed E-state index contributed by atoms with van der Waals surface area (Å²) in [6, 6.07) is 10.7. The Hall–Kier alpha value is -3.30. The quantitative estimate of drug-likeness (QED) is 0.209. The zero-order valence-corrected chi connectivity index (χ0v) is 19.7. The Kier molecular flexibility index (Phi) is 6.20. The molecule has 0 spiro atoms. The van der Waals surface area contributed by atoms with Crippen molar-refractivity contribution in [3.8, 4) is 11.7 Å². The molecule has 0 atom stereocenters. The minimum absolute atomic E-state index is 0.0481. The fourth-order valence-electron chi connectivity index (χ4n) is 3.36. The van der Waals surface area contributed by atoms with Crippen LogP contribution in [0.5, 0.6) is 5.88 Å². The lowest BCUT2D eigenvalue weighted by atomic mass is 10.0. The molecule has 4 aromatic rings. The first kappa shape index (κ1) is 21.9. The summed E-state index contributed by atoms with van der Waals surface area (Å²) in [6.45, 7) is 4.17. The molecule has 10 heteroatoms. The van der Waals surface area contributed by atoms with E-state index in [2.05, 4.69) is 31.0 Å². The van der Waals surface area contributed by atoms with Crippen molar-refractivity contribution < 1.29 is 14.3 Å². The van der Waals surface area contributed by atoms with Crippen LogP contribution in [-0.4, -0.2) is 39.2 Å². The Labute approximate surface area is 197 Å². The number of aliphatic imine (C=N–C) groups is 1. The summed E-state index contributed by atoms with van der Waals surface area (Å²) in [5, 5.41) is 5.67. The van der Waals surface area contributed by atoms with E-state index in [9.17, 15) is 4.79 Å². The number of benzene rings is 1. The maximum atomic E-state index is 11.3. The number of hydrogen-bond acceptors (Lipinski definition) is 7. The highest BCUT2D eigenvalue weighted by atomic mass is 79.9. The summed E-state index contributed by atoms with van der Waals surface area (Å²) in [5.74, 6) is 0.950. The molecule has 4 rings (SSSR count). The van der Waals surface area contributed by atoms with E-state index in [-0.39, 0.29) is 5.90 Å². The van der Waals surface area contributed by atoms with Gasteiger partial charge in [-0.2, -0.15) is 5.10 Å². The SMILES string of the molecule is COc1ccc2c(C)c(N=C(OC=O)c3cc(Br)nn3-c3ncccc3Cl)c(C)cc2n1. The van der Waals surface area contributed by atoms with Crippen molar-refractivity contribution >= 4 is 56.5 Å². The molecule has 0 N–H and O–H groups in total. The van der Waals surface area contributed by atoms with Gasteiger partial charge in [0.1, 0.15) is 10.3 Å². The van der Waals surface area contributed by atoms with E-state index < -0.39 is 0 Å². The fraction of sp³-hybridized carbons (Fsp3) is 0.136. The molecule has 32 heavy (non-hydrogen) atoms. The maximum absolute atomic E-state index is 11.3. The minimum atomic E-state index is 0.0481. The molecule has 0 aliphatic heterocycles. The van der Waals surface area contributed by atoms with Gasteiger partial charge in [-0.1, -0.05) is 11.6 Å². The summed E-state index contributed by atoms with van der Waals surface area (Å²) >= 11 is 9.68. The monoisotopic (exact) mass is 513 g/mol. The first-order chi connectivity index (χ1) is 15.4. The van der Waals surface area contributed by atoms with Crippen molar-refractivity contribution in [3.63, 3.8) is 0 Å². The summed E-state index contributed by atoms with van der Waals surface area (Å²) in [5.41, 5.74) is 3.56. The molecule has 0 bridgehead atoms. The first-order valence-corrected chi connectivity index (χ1v) is 10.6. The Morgan fingerprint density at radius 2 is 2.06 bits per heavy atom. The first-order valence-electron chi connectivity index (χ1n) is 9.43. The highest BCUT2D eigenvalue weighted by Gasteiger charge is 2.20. The molecule has 1 aromatic carbocycles. The molecule has 0 amide bonds. The predicted octanol–water partition coefficient (Wildman–Crippen LogP) is 5.11. The number of carbonyl (C=O) groups is 1. The molecule has 8 nitrogen and oxygen atoms in total. The lowest BCUT2D eigenvalue weighted by Gasteiger charge is -2.12. The van der Waals surface area contributed by atoms with Gasteiger partial charge in [-0.05, 0) is 65.2 Å². The third-order valence-electron chi connectivity index (χ3n) is 4.81. The van der Waals surface area contributed by atoms with Gasteiger partial charge in [-0.3, -0.25) is 4.79 Å². The van der Waals surface area contributed by atoms with Crippen LogP contribution in [0.4, 0.5) is 5.69 Å². The van der Waals surface area contributed by atoms with Gasteiger partial charge in [0.25, 0.3) is 6.47 Å². The van der Waals surface area contributed by atoms with Crippen molar-refractivity contribution in [2.45, 2.75) is 13.8 Å². The molecule has 3 aromatic heterocycles. The van der Waals surface area contributed by atoms with Gasteiger partial charge in [-0.25, -0.2) is 19.6 Å². The van der Waals surface area contributed by atoms with Crippen LogP contribution in [-0.2, 0) is 9.53 Å². The number of carbonyl (C=O) groups excluding carboxylic acids is 1. The highest BCUT2D eigenvalue weighted by molar-refractivity contribution is 9.10. The Bertz CT molecular complexity index is 1370. The van der Waals surface area contributed by atoms with Gasteiger partial charge in [0.15, 0.2) is 5.82 Å². The van der Waals surface area contributed by atoms with E-state index in [4.69, 9.17) is 26.1 Å². The van der Waals surface area contributed by atoms with Gasteiger partial charge in [0.05, 0.1) is 23.3 Å². The summed E-state index contributed by atoms with van der Waals surface area (Å²) in [6.07, 6.45) is 1.59. The number of pyridine rings is 2. The van der Waals surface area contributed by atoms with Crippen LogP contribution in [0.2, 0.25) is 5.02 Å². The normalized spacial score (nSPS) is 11.6. The number of fused-ring (bicyclic) bond motifs is 1. The van der Waals surface area contributed by atoms with Crippen LogP contribution in [0.1, 0.15) is 16.8 Å². The fourth-order valence-corrected chi connectivity index (χ4v) is 3.93. The number of nitrogens with zero attached hydrogens (tertiary/aromatic N) is 5. The van der Waals surface area contributed by atoms with Crippen LogP contribution in [0.3, 0.4) is 0 Å². The van der Waals surface area contributed by atoms with Crippen LogP contribution < -0.4 is 4.74 Å². The second kappa shape index (κ2) is 9.05. The summed E-state index contributed by atoms with van der Waals surface area (Å²) < 4.78 is 12.5. The van der Waals surface area contributed by atoms with Gasteiger partial charge < -0.3 is 9.47 Å². The molecule has 0 aliphatic rings. The molecule has 3 heterocycles. The lowest BCUT2D eigenvalue weighted by molar-refractivity contribution is -0.121. The maximum Gasteiger partial charge on any atom is 0.299 e. The Morgan fingerprint density at radius 1 is 1.25 bits per heavy atom. The van der Waals surface area contributed by atoms with E-state index in [0.29, 0.717) is 39.2 Å². The van der Waals surface area contributed by atoms with Crippen molar-refractivity contribution in [3.05, 3.63) is 69.0 Å². The van der Waals surface area contributed by atoms with Gasteiger partial charge in [-0.15, -0.1) is 0 Å². The third-order valence-corrected chi connectivity index (χ3v) is 5.49. The average molecular weight is 515 g/mol. The smallest absolute Gasteiger partial charge is 0.299 e. The number of aromatic nitrogens is 4. The van der Waals surface area contributed by atoms with E-state index in [1.54, 1.807) is 37.6 Å². The topological polar surface area (TPSA) is 91.5 Å². The van der Waals surface area contributed by atoms with Crippen LogP contribution in [0, 0.1) is 13.8 Å². The number of halogens is 2. The number of methoxy groups -OCH3 is 1. The van der Waals surface area contributed by atoms with E-state index in [0.717, 1.165) is 22.0 Å². The molecule has 0 unspecified atom stereocenters. The van der Waals surface area contributed by atoms with Crippen molar-refractivity contribution in [1.82, 2.24) is 19.7 Å². The van der Waals surface area contributed by atoms with Crippen LogP contribution in [0.25, 0.3) is 16.7 Å². The number of hydrogen-bond donors (Lipinski definition) is 0. The van der Waals surface area contributed by atoms with Crippen molar-refractivity contribution in [2.24, 2.45) is 4.99 Å². The standard InChI is InChI=1S/C22H17BrClN5O3/c1-12-9-16-14(6-7-19(26-16)31-3)13(2)20(12)27-22(32-11-30)17-10-18(23)28-29(17)21-15(24)5-4-8-25-21/h4-11H,1-3H3. The Morgan fingerprint density at radius 3 is 2.78 bits per heavy atom. The number of rotatable bonds is 5. The van der Waals surface area contributed by atoms with E-state index in [1.165, 1.54) is 4.68 Å². The van der Waals surface area contributed by atoms with Gasteiger partial charge in [0.2, 0.25) is 11.8 Å². The van der Waals surface area contributed by atoms with Crippen LogP contribution in [0.15, 0.2) is 52.2 Å². The second-order valence-electron chi connectivity index (χ2n) is 6.79. The largest absolute Gasteiger partial charge is 0.481 e. The average Bonchev–Trinajstić information content (AvgIpc) is 3.17. The number of ether oxygens (including phenoxy) is 2. The zero-order chi connectivity index (χ0) is 22.8. The molecule has 162 valence electrons. The van der Waals surface area contributed by atoms with Crippen molar-refractivity contribution in [1.29, 1.82) is 0 Å². The minimum Gasteiger partial charge on any atom is -0.481 e. The summed E-state index contributed by atoms with van der Waals surface area (Å²) in [7, 11) is 1.57. The molecular weight excluding hydrogens is 498 g/mol. The van der Waals surface area contributed by atoms with Gasteiger partial charge >= 0.3 is 0 Å². The molecule has 0 saturated carbocycles. The van der Waals surface area contributed by atoms with E-state index in [1.807, 2.05) is 26.0 Å². The van der Waals surface area contributed by atoms with Crippen LogP contribution >= 0.6 is 27.5 Å². The molecule has 0 saturated heterocycles. The number of aryl methyl sites for hydroxylation is 2. The molecular formula is C22H17BrClN5O3. The lowest BCUT2D eigenvalue weighted by Crippen LogP contribution is -2.14. The third kappa shape index (κ3) is 4.09. The summed E-state index contributed by atoms with van der Waals surface area (Å²) in [4.78, 5) is 24.8. The molecule has 0 fully saturated rings. The van der Waals surface area contributed by atoms with Gasteiger partial charge in [0, 0.05) is 23.7 Å². The zero-order valence-electron chi connectivity index (χ0n) is 17.3.